The number of aryl methyl sites for hydroxylation is 1. The lowest BCUT2D eigenvalue weighted by Gasteiger charge is -2.15. The maximum absolute atomic E-state index is 12.2. The zero-order valence-corrected chi connectivity index (χ0v) is 11.3. The molecule has 0 atom stereocenters. The van der Waals surface area contributed by atoms with Crippen molar-refractivity contribution < 1.29 is 40.7 Å². The first-order valence-corrected chi connectivity index (χ1v) is 5.65. The fourth-order valence-electron chi connectivity index (χ4n) is 1.43. The Kier molecular flexibility index (Phi) is 5.12. The quantitative estimate of drug-likeness (QED) is 0.498. The second-order valence-corrected chi connectivity index (χ2v) is 4.16. The molecule has 0 spiro atoms. The average molecular weight is 349 g/mol. The number of pyridine rings is 1. The Balaban J connectivity index is 3.26. The highest BCUT2D eigenvalue weighted by atomic mass is 19.4. The van der Waals surface area contributed by atoms with E-state index in [1.54, 1.807) is 0 Å². The number of halogens is 6. The molecule has 0 aliphatic rings. The predicted molar refractivity (Wildman–Crippen MR) is 63.1 cm³/mol. The molecule has 130 valence electrons. The zero-order valence-electron chi connectivity index (χ0n) is 11.3. The number of nitro groups is 1. The van der Waals surface area contributed by atoms with Crippen LogP contribution in [0.1, 0.15) is 5.69 Å². The Morgan fingerprint density at radius 3 is 2.04 bits per heavy atom. The van der Waals surface area contributed by atoms with E-state index in [9.17, 15) is 36.5 Å². The van der Waals surface area contributed by atoms with Crippen molar-refractivity contribution in [3.05, 3.63) is 15.8 Å². The number of ether oxygens (including phenoxy) is 2. The molecule has 0 aromatic carbocycles. The SMILES string of the molecule is Cc1nc(OCC(F)(F)F)c(N)c(OCC(F)(F)F)c1[N+](=O)[O-]. The van der Waals surface area contributed by atoms with Crippen LogP contribution in [0.3, 0.4) is 0 Å². The fraction of sp³-hybridized carbons (Fsp3) is 0.500. The number of nitrogens with two attached hydrogens (primary N) is 1. The van der Waals surface area contributed by atoms with E-state index in [4.69, 9.17) is 5.73 Å². The summed E-state index contributed by atoms with van der Waals surface area (Å²) in [6, 6.07) is 0. The van der Waals surface area contributed by atoms with Crippen LogP contribution in [-0.4, -0.2) is 35.5 Å². The van der Waals surface area contributed by atoms with Crippen molar-refractivity contribution >= 4 is 11.4 Å². The van der Waals surface area contributed by atoms with Gasteiger partial charge >= 0.3 is 18.0 Å². The van der Waals surface area contributed by atoms with Gasteiger partial charge in [0, 0.05) is 0 Å². The monoisotopic (exact) mass is 349 g/mol. The molecule has 0 aliphatic heterocycles. The highest BCUT2D eigenvalue weighted by Crippen LogP contribution is 2.41. The molecule has 13 heteroatoms. The topological polar surface area (TPSA) is 101 Å². The van der Waals surface area contributed by atoms with Crippen LogP contribution in [0.2, 0.25) is 0 Å². The minimum Gasteiger partial charge on any atom is -0.476 e. The summed E-state index contributed by atoms with van der Waals surface area (Å²) < 4.78 is 81.4. The molecule has 0 unspecified atom stereocenters. The Morgan fingerprint density at radius 1 is 1.13 bits per heavy atom. The summed E-state index contributed by atoms with van der Waals surface area (Å²) in [5.41, 5.74) is 2.85. The van der Waals surface area contributed by atoms with Gasteiger partial charge in [0.2, 0.25) is 11.6 Å². The average Bonchev–Trinajstić information content (AvgIpc) is 2.34. The lowest BCUT2D eigenvalue weighted by atomic mass is 10.2. The lowest BCUT2D eigenvalue weighted by Crippen LogP contribution is -2.22. The van der Waals surface area contributed by atoms with Gasteiger partial charge in [-0.25, -0.2) is 4.98 Å². The van der Waals surface area contributed by atoms with Crippen LogP contribution in [0, 0.1) is 17.0 Å². The van der Waals surface area contributed by atoms with Gasteiger partial charge in [-0.05, 0) is 6.92 Å². The minimum atomic E-state index is -4.84. The van der Waals surface area contributed by atoms with Crippen LogP contribution < -0.4 is 15.2 Å². The number of hydrogen-bond acceptors (Lipinski definition) is 6. The summed E-state index contributed by atoms with van der Waals surface area (Å²) in [5, 5.41) is 10.9. The van der Waals surface area contributed by atoms with Crippen molar-refractivity contribution in [2.24, 2.45) is 0 Å². The fourth-order valence-corrected chi connectivity index (χ4v) is 1.43. The van der Waals surface area contributed by atoms with E-state index in [0.29, 0.717) is 0 Å². The first-order valence-electron chi connectivity index (χ1n) is 5.65. The molecule has 7 nitrogen and oxygen atoms in total. The number of alkyl halides is 6. The van der Waals surface area contributed by atoms with E-state index in [1.807, 2.05) is 0 Å². The van der Waals surface area contributed by atoms with Gasteiger partial charge in [0.25, 0.3) is 0 Å². The molecule has 0 saturated carbocycles. The number of aromatic nitrogens is 1. The van der Waals surface area contributed by atoms with E-state index in [0.717, 1.165) is 6.92 Å². The van der Waals surface area contributed by atoms with Gasteiger partial charge < -0.3 is 15.2 Å². The number of nitrogen functional groups attached to an aromatic ring is 1. The largest absolute Gasteiger partial charge is 0.476 e. The van der Waals surface area contributed by atoms with E-state index in [2.05, 4.69) is 14.5 Å². The van der Waals surface area contributed by atoms with Gasteiger partial charge in [0.15, 0.2) is 13.2 Å². The summed E-state index contributed by atoms with van der Waals surface area (Å²) in [6.45, 7) is -2.78. The van der Waals surface area contributed by atoms with Gasteiger partial charge in [0.1, 0.15) is 11.4 Å². The van der Waals surface area contributed by atoms with E-state index < -0.39 is 59.2 Å². The van der Waals surface area contributed by atoms with Crippen molar-refractivity contribution in [1.82, 2.24) is 4.98 Å². The number of hydrogen-bond donors (Lipinski definition) is 1. The number of rotatable bonds is 5. The van der Waals surface area contributed by atoms with Crippen molar-refractivity contribution in [3.8, 4) is 11.6 Å². The second-order valence-electron chi connectivity index (χ2n) is 4.16. The Morgan fingerprint density at radius 2 is 1.61 bits per heavy atom. The standard InChI is InChI=1S/C10H9F6N3O4/c1-4-6(19(20)21)7(22-2-9(11,12)13)5(17)8(18-4)23-3-10(14,15)16/h2-3,17H2,1H3. The molecule has 0 fully saturated rings. The molecule has 0 bridgehead atoms. The molecule has 0 amide bonds. The van der Waals surface area contributed by atoms with Crippen molar-refractivity contribution in [2.45, 2.75) is 19.3 Å². The predicted octanol–water partition coefficient (Wildman–Crippen LogP) is 2.76. The Hall–Kier alpha value is -2.47. The first kappa shape index (κ1) is 18.6. The number of nitrogens with zero attached hydrogens (tertiary/aromatic N) is 2. The van der Waals surface area contributed by atoms with Gasteiger partial charge in [-0.3, -0.25) is 10.1 Å². The maximum atomic E-state index is 12.2. The Labute approximate surface area is 124 Å². The van der Waals surface area contributed by atoms with Crippen LogP contribution in [0.15, 0.2) is 0 Å². The van der Waals surface area contributed by atoms with E-state index >= 15 is 0 Å². The van der Waals surface area contributed by atoms with Crippen LogP contribution in [0.5, 0.6) is 11.6 Å². The molecule has 0 aliphatic carbocycles. The Bertz CT molecular complexity index is 602. The summed E-state index contributed by atoms with van der Waals surface area (Å²) in [7, 11) is 0. The van der Waals surface area contributed by atoms with Crippen LogP contribution in [0.4, 0.5) is 37.7 Å². The molecular formula is C10H9F6N3O4. The third-order valence-electron chi connectivity index (χ3n) is 2.24. The van der Waals surface area contributed by atoms with Crippen LogP contribution in [-0.2, 0) is 0 Å². The maximum Gasteiger partial charge on any atom is 0.422 e. The van der Waals surface area contributed by atoms with Gasteiger partial charge in [0.05, 0.1) is 4.92 Å². The molecule has 0 saturated heterocycles. The van der Waals surface area contributed by atoms with Gasteiger partial charge in [-0.2, -0.15) is 26.3 Å². The summed E-state index contributed by atoms with van der Waals surface area (Å²) in [6.07, 6.45) is -9.61. The normalized spacial score (nSPS) is 12.1. The lowest BCUT2D eigenvalue weighted by molar-refractivity contribution is -0.386. The van der Waals surface area contributed by atoms with Gasteiger partial charge in [-0.1, -0.05) is 0 Å². The summed E-state index contributed by atoms with van der Waals surface area (Å²) in [4.78, 5) is 13.1. The highest BCUT2D eigenvalue weighted by Gasteiger charge is 2.35. The van der Waals surface area contributed by atoms with Crippen LogP contribution in [0.25, 0.3) is 0 Å². The molecule has 2 N–H and O–H groups in total. The highest BCUT2D eigenvalue weighted by molar-refractivity contribution is 5.70. The first-order chi connectivity index (χ1) is 10.3. The molecule has 23 heavy (non-hydrogen) atoms. The van der Waals surface area contributed by atoms with Gasteiger partial charge in [-0.15, -0.1) is 0 Å². The van der Waals surface area contributed by atoms with Crippen LogP contribution >= 0.6 is 0 Å². The third-order valence-corrected chi connectivity index (χ3v) is 2.24. The second kappa shape index (κ2) is 6.34. The molecule has 1 aromatic rings. The molecule has 1 rings (SSSR count). The minimum absolute atomic E-state index is 0.515. The van der Waals surface area contributed by atoms with Crippen molar-refractivity contribution in [3.63, 3.8) is 0 Å². The molecule has 1 heterocycles. The summed E-state index contributed by atoms with van der Waals surface area (Å²) >= 11 is 0. The third kappa shape index (κ3) is 5.34. The molecule has 0 radical (unpaired) electrons. The van der Waals surface area contributed by atoms with E-state index in [1.165, 1.54) is 0 Å². The molecular weight excluding hydrogens is 340 g/mol. The van der Waals surface area contributed by atoms with Crippen molar-refractivity contribution in [1.29, 1.82) is 0 Å². The summed E-state index contributed by atoms with van der Waals surface area (Å²) in [5.74, 6) is -1.97. The zero-order chi connectivity index (χ0) is 18.0. The molecule has 1 aromatic heterocycles. The van der Waals surface area contributed by atoms with Crippen molar-refractivity contribution in [2.75, 3.05) is 18.9 Å². The number of anilines is 1. The smallest absolute Gasteiger partial charge is 0.422 e. The van der Waals surface area contributed by atoms with E-state index in [-0.39, 0.29) is 0 Å².